The quantitative estimate of drug-likeness (QED) is 0.342. The number of carbonyl (C=O) groups excluding carboxylic acids is 2. The summed E-state index contributed by atoms with van der Waals surface area (Å²) in [4.78, 5) is 25.8. The molecule has 0 N–H and O–H groups in total. The maximum Gasteiger partial charge on any atom is 0.333 e. The normalized spacial score (nSPS) is 45.4. The van der Waals surface area contributed by atoms with Gasteiger partial charge < -0.3 is 9.47 Å². The summed E-state index contributed by atoms with van der Waals surface area (Å²) in [6, 6.07) is 0. The molecule has 4 saturated carbocycles. The highest BCUT2D eigenvalue weighted by Gasteiger charge is 2.68. The minimum absolute atomic E-state index is 0.0648. The molecular weight excluding hydrogens is 376 g/mol. The molecule has 0 heterocycles. The van der Waals surface area contributed by atoms with E-state index in [1.807, 2.05) is 13.8 Å². The predicted molar refractivity (Wildman–Crippen MR) is 117 cm³/mol. The van der Waals surface area contributed by atoms with Crippen molar-refractivity contribution in [3.05, 3.63) is 23.8 Å². The summed E-state index contributed by atoms with van der Waals surface area (Å²) >= 11 is 0. The van der Waals surface area contributed by atoms with Crippen molar-refractivity contribution in [2.75, 3.05) is 7.11 Å². The van der Waals surface area contributed by atoms with Gasteiger partial charge in [-0.3, -0.25) is 4.79 Å². The molecule has 0 aromatic carbocycles. The summed E-state index contributed by atoms with van der Waals surface area (Å²) in [6.07, 6.45) is 10.1. The largest absolute Gasteiger partial charge is 0.468 e. The van der Waals surface area contributed by atoms with Crippen LogP contribution in [0.15, 0.2) is 23.8 Å². The van der Waals surface area contributed by atoms with Gasteiger partial charge in [0.25, 0.3) is 0 Å². The molecule has 0 radical (unpaired) electrons. The van der Waals surface area contributed by atoms with Crippen molar-refractivity contribution in [2.45, 2.75) is 85.2 Å². The SMILES string of the molecule is C=C1CC23CCC4C(C)(CCC(OC(=O)C(C)=CC)C4(C)C(=O)OC)C2CCC1C3. The molecule has 166 valence electrons. The van der Waals surface area contributed by atoms with Crippen molar-refractivity contribution in [3.63, 3.8) is 0 Å². The number of methoxy groups -OCH3 is 1. The van der Waals surface area contributed by atoms with E-state index in [4.69, 9.17) is 9.47 Å². The van der Waals surface area contributed by atoms with Crippen LogP contribution in [0.25, 0.3) is 0 Å². The molecule has 4 aliphatic carbocycles. The summed E-state index contributed by atoms with van der Waals surface area (Å²) < 4.78 is 11.3. The highest BCUT2D eigenvalue weighted by molar-refractivity contribution is 5.88. The van der Waals surface area contributed by atoms with Gasteiger partial charge in [-0.1, -0.05) is 25.2 Å². The maximum absolute atomic E-state index is 13.2. The van der Waals surface area contributed by atoms with E-state index < -0.39 is 11.5 Å². The van der Waals surface area contributed by atoms with Crippen LogP contribution in [0.2, 0.25) is 0 Å². The molecule has 30 heavy (non-hydrogen) atoms. The van der Waals surface area contributed by atoms with Crippen molar-refractivity contribution < 1.29 is 19.1 Å². The Morgan fingerprint density at radius 2 is 1.83 bits per heavy atom. The summed E-state index contributed by atoms with van der Waals surface area (Å²) in [7, 11) is 1.46. The molecule has 4 aliphatic rings. The van der Waals surface area contributed by atoms with Crippen LogP contribution in [0.4, 0.5) is 0 Å². The summed E-state index contributed by atoms with van der Waals surface area (Å²) in [5.74, 6) is 0.929. The van der Waals surface area contributed by atoms with Gasteiger partial charge >= 0.3 is 11.9 Å². The van der Waals surface area contributed by atoms with Gasteiger partial charge in [0, 0.05) is 5.57 Å². The lowest BCUT2D eigenvalue weighted by atomic mass is 9.40. The fraction of sp³-hybridized carbons (Fsp3) is 0.769. The molecule has 4 nitrogen and oxygen atoms in total. The van der Waals surface area contributed by atoms with Gasteiger partial charge in [-0.2, -0.15) is 0 Å². The molecular formula is C26H38O4. The zero-order valence-electron chi connectivity index (χ0n) is 19.4. The van der Waals surface area contributed by atoms with Crippen LogP contribution in [0.3, 0.4) is 0 Å². The first kappa shape index (κ1) is 21.6. The molecule has 0 saturated heterocycles. The lowest BCUT2D eigenvalue weighted by Gasteiger charge is -2.64. The van der Waals surface area contributed by atoms with E-state index in [1.54, 1.807) is 13.0 Å². The second kappa shape index (κ2) is 7.24. The van der Waals surface area contributed by atoms with Crippen molar-refractivity contribution >= 4 is 11.9 Å². The van der Waals surface area contributed by atoms with E-state index in [2.05, 4.69) is 13.5 Å². The number of fused-ring (bicyclic) bond motifs is 3. The molecule has 7 atom stereocenters. The second-order valence-corrected chi connectivity index (χ2v) is 11.0. The third kappa shape index (κ3) is 2.85. The number of esters is 2. The summed E-state index contributed by atoms with van der Waals surface area (Å²) in [5, 5.41) is 0. The van der Waals surface area contributed by atoms with Crippen LogP contribution < -0.4 is 0 Å². The van der Waals surface area contributed by atoms with Crippen LogP contribution in [0, 0.1) is 34.0 Å². The van der Waals surface area contributed by atoms with Crippen molar-refractivity contribution in [1.82, 2.24) is 0 Å². The van der Waals surface area contributed by atoms with Crippen LogP contribution in [-0.4, -0.2) is 25.2 Å². The minimum atomic E-state index is -0.806. The monoisotopic (exact) mass is 414 g/mol. The maximum atomic E-state index is 13.2. The first-order valence-electron chi connectivity index (χ1n) is 11.7. The van der Waals surface area contributed by atoms with E-state index in [1.165, 1.54) is 38.4 Å². The lowest BCUT2D eigenvalue weighted by Crippen LogP contribution is -2.63. The minimum Gasteiger partial charge on any atom is -0.468 e. The van der Waals surface area contributed by atoms with E-state index in [0.29, 0.717) is 22.8 Å². The average molecular weight is 415 g/mol. The van der Waals surface area contributed by atoms with Gasteiger partial charge in [0.15, 0.2) is 0 Å². The van der Waals surface area contributed by atoms with Crippen molar-refractivity contribution in [3.8, 4) is 0 Å². The number of ether oxygens (including phenoxy) is 2. The Labute approximate surface area is 181 Å². The smallest absolute Gasteiger partial charge is 0.333 e. The fourth-order valence-electron chi connectivity index (χ4n) is 8.26. The van der Waals surface area contributed by atoms with Crippen molar-refractivity contribution in [2.24, 2.45) is 34.0 Å². The van der Waals surface area contributed by atoms with Crippen LogP contribution in [0.5, 0.6) is 0 Å². The molecule has 4 heteroatoms. The zero-order chi connectivity index (χ0) is 21.9. The zero-order valence-corrected chi connectivity index (χ0v) is 19.4. The topological polar surface area (TPSA) is 52.6 Å². The number of hydrogen-bond donors (Lipinski definition) is 0. The second-order valence-electron chi connectivity index (χ2n) is 11.0. The van der Waals surface area contributed by atoms with Gasteiger partial charge in [0.05, 0.1) is 7.11 Å². The molecule has 0 aromatic rings. The fourth-order valence-corrected chi connectivity index (χ4v) is 8.26. The Hall–Kier alpha value is -1.58. The lowest BCUT2D eigenvalue weighted by molar-refractivity contribution is -0.213. The predicted octanol–water partition coefficient (Wildman–Crippen LogP) is 5.62. The van der Waals surface area contributed by atoms with Gasteiger partial charge in [0.2, 0.25) is 0 Å². The average Bonchev–Trinajstić information content (AvgIpc) is 2.96. The first-order chi connectivity index (χ1) is 14.1. The molecule has 0 aliphatic heterocycles. The molecule has 0 aromatic heterocycles. The Kier molecular flexibility index (Phi) is 5.22. The summed E-state index contributed by atoms with van der Waals surface area (Å²) in [6.45, 7) is 12.4. The third-order valence-corrected chi connectivity index (χ3v) is 9.84. The third-order valence-electron chi connectivity index (χ3n) is 9.84. The van der Waals surface area contributed by atoms with Crippen LogP contribution in [0.1, 0.15) is 79.1 Å². The Morgan fingerprint density at radius 1 is 1.10 bits per heavy atom. The van der Waals surface area contributed by atoms with Gasteiger partial charge in [-0.15, -0.1) is 0 Å². The number of rotatable bonds is 3. The van der Waals surface area contributed by atoms with Crippen molar-refractivity contribution in [1.29, 1.82) is 0 Å². The number of allylic oxidation sites excluding steroid dienone is 2. The molecule has 1 spiro atoms. The molecule has 0 amide bonds. The summed E-state index contributed by atoms with van der Waals surface area (Å²) in [5.41, 5.74) is 1.67. The number of hydrogen-bond acceptors (Lipinski definition) is 4. The van der Waals surface area contributed by atoms with E-state index in [-0.39, 0.29) is 23.3 Å². The Morgan fingerprint density at radius 3 is 2.50 bits per heavy atom. The molecule has 7 unspecified atom stereocenters. The first-order valence-corrected chi connectivity index (χ1v) is 11.7. The van der Waals surface area contributed by atoms with Gasteiger partial charge in [-0.05, 0) is 101 Å². The van der Waals surface area contributed by atoms with E-state index >= 15 is 0 Å². The highest BCUT2D eigenvalue weighted by Crippen LogP contribution is 2.72. The molecule has 4 rings (SSSR count). The Balaban J connectivity index is 1.70. The number of carbonyl (C=O) groups is 2. The van der Waals surface area contributed by atoms with Crippen LogP contribution in [-0.2, 0) is 19.1 Å². The van der Waals surface area contributed by atoms with E-state index in [9.17, 15) is 9.59 Å². The van der Waals surface area contributed by atoms with E-state index in [0.717, 1.165) is 25.7 Å². The molecule has 4 fully saturated rings. The van der Waals surface area contributed by atoms with Gasteiger partial charge in [0.1, 0.15) is 11.5 Å². The standard InChI is InChI=1S/C26H38O4/c1-7-16(2)22(27)30-21-11-12-24(4)19(25(21,5)23(28)29-6)10-13-26-14-17(3)18(15-26)8-9-20(24)26/h7,18-21H,3,8-15H2,1-2,4-6H3. The Bertz CT molecular complexity index is 797. The molecule has 2 bridgehead atoms. The highest BCUT2D eigenvalue weighted by atomic mass is 16.6. The van der Waals surface area contributed by atoms with Gasteiger partial charge in [-0.25, -0.2) is 4.79 Å². The van der Waals surface area contributed by atoms with Crippen LogP contribution >= 0.6 is 0 Å².